The fraction of sp³-hybridized carbons (Fsp3) is 0.769. The Morgan fingerprint density at radius 1 is 1.37 bits per heavy atom. The van der Waals surface area contributed by atoms with Crippen LogP contribution in [-0.4, -0.2) is 51.8 Å². The van der Waals surface area contributed by atoms with Crippen LogP contribution in [0.2, 0.25) is 0 Å². The van der Waals surface area contributed by atoms with Crippen molar-refractivity contribution >= 4 is 5.96 Å². The molecule has 0 saturated carbocycles. The Labute approximate surface area is 114 Å². The van der Waals surface area contributed by atoms with Crippen LogP contribution in [0.4, 0.5) is 0 Å². The van der Waals surface area contributed by atoms with Gasteiger partial charge < -0.3 is 14.8 Å². The van der Waals surface area contributed by atoms with E-state index >= 15 is 0 Å². The second kappa shape index (κ2) is 7.11. The molecule has 2 rings (SSSR count). The first kappa shape index (κ1) is 13.8. The Balaban J connectivity index is 1.90. The van der Waals surface area contributed by atoms with Gasteiger partial charge in [0.25, 0.3) is 0 Å². The van der Waals surface area contributed by atoms with Crippen molar-refractivity contribution in [3.63, 3.8) is 0 Å². The van der Waals surface area contributed by atoms with Gasteiger partial charge in [-0.2, -0.15) is 0 Å². The van der Waals surface area contributed by atoms with Crippen LogP contribution in [-0.2, 0) is 13.0 Å². The summed E-state index contributed by atoms with van der Waals surface area (Å²) in [5, 5.41) is 11.4. The number of guanidine groups is 1. The second-order valence-corrected chi connectivity index (χ2v) is 4.72. The van der Waals surface area contributed by atoms with Crippen molar-refractivity contribution in [1.29, 1.82) is 0 Å². The van der Waals surface area contributed by atoms with Crippen LogP contribution in [0.25, 0.3) is 0 Å². The number of nitrogens with one attached hydrogen (secondary N) is 1. The molecular formula is C13H24N6. The summed E-state index contributed by atoms with van der Waals surface area (Å²) in [7, 11) is 0. The predicted octanol–water partition coefficient (Wildman–Crippen LogP) is 0.902. The van der Waals surface area contributed by atoms with E-state index in [9.17, 15) is 0 Å². The van der Waals surface area contributed by atoms with Gasteiger partial charge in [-0.25, -0.2) is 0 Å². The summed E-state index contributed by atoms with van der Waals surface area (Å²) in [4.78, 5) is 7.04. The molecule has 0 aromatic carbocycles. The molecule has 1 N–H and O–H groups in total. The number of likely N-dealkylation sites (tertiary alicyclic amines) is 1. The fourth-order valence-corrected chi connectivity index (χ4v) is 2.36. The largest absolute Gasteiger partial charge is 0.357 e. The van der Waals surface area contributed by atoms with Crippen molar-refractivity contribution in [2.24, 2.45) is 4.99 Å². The standard InChI is InChI=1S/C13H24N6/c1-3-12-17-16-11-19(12)10-7-15-13(14-4-2)18-8-5-6-9-18/h11H,3-10H2,1-2H3,(H,14,15). The van der Waals surface area contributed by atoms with Gasteiger partial charge in [-0.1, -0.05) is 6.92 Å². The van der Waals surface area contributed by atoms with Crippen LogP contribution in [0, 0.1) is 0 Å². The molecule has 2 heterocycles. The average molecular weight is 264 g/mol. The first-order valence-electron chi connectivity index (χ1n) is 7.25. The molecule has 0 spiro atoms. The van der Waals surface area contributed by atoms with Crippen molar-refractivity contribution in [3.8, 4) is 0 Å². The first-order chi connectivity index (χ1) is 9.35. The molecule has 6 heteroatoms. The van der Waals surface area contributed by atoms with Gasteiger partial charge in [0.2, 0.25) is 0 Å². The molecule has 106 valence electrons. The summed E-state index contributed by atoms with van der Waals surface area (Å²) in [5.41, 5.74) is 0. The van der Waals surface area contributed by atoms with Gasteiger partial charge in [0.15, 0.2) is 5.96 Å². The Morgan fingerprint density at radius 2 is 2.16 bits per heavy atom. The van der Waals surface area contributed by atoms with E-state index in [0.717, 1.165) is 50.9 Å². The van der Waals surface area contributed by atoms with Crippen molar-refractivity contribution in [1.82, 2.24) is 25.0 Å². The zero-order valence-electron chi connectivity index (χ0n) is 12.0. The van der Waals surface area contributed by atoms with Crippen LogP contribution >= 0.6 is 0 Å². The molecule has 0 bridgehead atoms. The van der Waals surface area contributed by atoms with Crippen LogP contribution in [0.15, 0.2) is 11.3 Å². The van der Waals surface area contributed by atoms with E-state index in [1.165, 1.54) is 12.8 Å². The summed E-state index contributed by atoms with van der Waals surface area (Å²) in [6.07, 6.45) is 5.25. The van der Waals surface area contributed by atoms with Gasteiger partial charge in [-0.05, 0) is 19.8 Å². The number of aliphatic imine (C=N–C) groups is 1. The van der Waals surface area contributed by atoms with Gasteiger partial charge in [-0.15, -0.1) is 10.2 Å². The lowest BCUT2D eigenvalue weighted by Crippen LogP contribution is -2.39. The van der Waals surface area contributed by atoms with E-state index in [2.05, 4.69) is 38.8 Å². The highest BCUT2D eigenvalue weighted by molar-refractivity contribution is 5.80. The maximum atomic E-state index is 4.70. The van der Waals surface area contributed by atoms with Crippen LogP contribution < -0.4 is 5.32 Å². The monoisotopic (exact) mass is 264 g/mol. The lowest BCUT2D eigenvalue weighted by Gasteiger charge is -2.20. The topological polar surface area (TPSA) is 58.3 Å². The van der Waals surface area contributed by atoms with Gasteiger partial charge >= 0.3 is 0 Å². The molecule has 0 atom stereocenters. The lowest BCUT2D eigenvalue weighted by molar-refractivity contribution is 0.492. The van der Waals surface area contributed by atoms with E-state index in [1.807, 2.05) is 0 Å². The van der Waals surface area contributed by atoms with Crippen LogP contribution in [0.3, 0.4) is 0 Å². The third-order valence-corrected chi connectivity index (χ3v) is 3.35. The summed E-state index contributed by atoms with van der Waals surface area (Å²) in [5.74, 6) is 2.08. The third kappa shape index (κ3) is 3.68. The summed E-state index contributed by atoms with van der Waals surface area (Å²) in [6.45, 7) is 8.99. The highest BCUT2D eigenvalue weighted by Crippen LogP contribution is 2.07. The highest BCUT2D eigenvalue weighted by Gasteiger charge is 2.15. The quantitative estimate of drug-likeness (QED) is 0.634. The van der Waals surface area contributed by atoms with Crippen molar-refractivity contribution < 1.29 is 0 Å². The highest BCUT2D eigenvalue weighted by atomic mass is 15.3. The first-order valence-corrected chi connectivity index (χ1v) is 7.25. The Morgan fingerprint density at radius 3 is 2.84 bits per heavy atom. The smallest absolute Gasteiger partial charge is 0.193 e. The number of hydrogen-bond donors (Lipinski definition) is 1. The zero-order chi connectivity index (χ0) is 13.5. The van der Waals surface area contributed by atoms with Crippen LogP contribution in [0.5, 0.6) is 0 Å². The Bertz CT molecular complexity index is 405. The van der Waals surface area contributed by atoms with Gasteiger partial charge in [-0.3, -0.25) is 4.99 Å². The van der Waals surface area contributed by atoms with E-state index in [4.69, 9.17) is 4.99 Å². The van der Waals surface area contributed by atoms with Crippen LogP contribution in [0.1, 0.15) is 32.5 Å². The van der Waals surface area contributed by atoms with Crippen molar-refractivity contribution in [2.75, 3.05) is 26.2 Å². The Hall–Kier alpha value is -1.59. The molecule has 0 aliphatic carbocycles. The number of nitrogens with zero attached hydrogens (tertiary/aromatic N) is 5. The average Bonchev–Trinajstić information content (AvgIpc) is 3.09. The third-order valence-electron chi connectivity index (χ3n) is 3.35. The molecule has 19 heavy (non-hydrogen) atoms. The van der Waals surface area contributed by atoms with Crippen molar-refractivity contribution in [2.45, 2.75) is 39.7 Å². The molecule has 6 nitrogen and oxygen atoms in total. The number of aryl methyl sites for hydroxylation is 1. The fourth-order valence-electron chi connectivity index (χ4n) is 2.36. The lowest BCUT2D eigenvalue weighted by atomic mass is 10.4. The second-order valence-electron chi connectivity index (χ2n) is 4.72. The minimum absolute atomic E-state index is 0.768. The van der Waals surface area contributed by atoms with Gasteiger partial charge in [0.05, 0.1) is 6.54 Å². The maximum absolute atomic E-state index is 4.70. The van der Waals surface area contributed by atoms with Crippen molar-refractivity contribution in [3.05, 3.63) is 12.2 Å². The molecule has 1 saturated heterocycles. The SMILES string of the molecule is CCNC(=NCCn1cnnc1CC)N1CCCC1. The number of hydrogen-bond acceptors (Lipinski definition) is 3. The molecular weight excluding hydrogens is 240 g/mol. The molecule has 0 radical (unpaired) electrons. The normalized spacial score (nSPS) is 16.1. The summed E-state index contributed by atoms with van der Waals surface area (Å²) in [6, 6.07) is 0. The number of aromatic nitrogens is 3. The molecule has 1 fully saturated rings. The zero-order valence-corrected chi connectivity index (χ0v) is 12.0. The molecule has 1 aliphatic rings. The van der Waals surface area contributed by atoms with E-state index < -0.39 is 0 Å². The minimum Gasteiger partial charge on any atom is -0.357 e. The maximum Gasteiger partial charge on any atom is 0.193 e. The summed E-state index contributed by atoms with van der Waals surface area (Å²) >= 11 is 0. The van der Waals surface area contributed by atoms with E-state index in [0.29, 0.717) is 0 Å². The molecule has 0 unspecified atom stereocenters. The minimum atomic E-state index is 0.768. The van der Waals surface area contributed by atoms with Gasteiger partial charge in [0.1, 0.15) is 12.2 Å². The van der Waals surface area contributed by atoms with E-state index in [1.54, 1.807) is 6.33 Å². The predicted molar refractivity (Wildman–Crippen MR) is 76.2 cm³/mol. The molecule has 1 aromatic heterocycles. The molecule has 0 amide bonds. The Kier molecular flexibility index (Phi) is 5.18. The van der Waals surface area contributed by atoms with Gasteiger partial charge in [0, 0.05) is 32.6 Å². The summed E-state index contributed by atoms with van der Waals surface area (Å²) < 4.78 is 2.08. The number of rotatable bonds is 5. The van der Waals surface area contributed by atoms with E-state index in [-0.39, 0.29) is 0 Å². The molecule has 1 aliphatic heterocycles. The molecule has 1 aromatic rings.